The van der Waals surface area contributed by atoms with Gasteiger partial charge in [-0.3, -0.25) is 19.2 Å². The van der Waals surface area contributed by atoms with E-state index in [9.17, 15) is 29.1 Å². The lowest BCUT2D eigenvalue weighted by atomic mass is 9.81. The number of nitrogens with one attached hydrogen (secondary N) is 2. The van der Waals surface area contributed by atoms with E-state index in [0.29, 0.717) is 0 Å². The maximum Gasteiger partial charge on any atom is 0.548 e. The number of aliphatic carboxylic acids is 1. The van der Waals surface area contributed by atoms with Crippen molar-refractivity contribution in [3.8, 4) is 0 Å². The van der Waals surface area contributed by atoms with Crippen molar-refractivity contribution in [2.75, 3.05) is 20.2 Å². The topological polar surface area (TPSA) is 167 Å². The van der Waals surface area contributed by atoms with Crippen LogP contribution in [0.2, 0.25) is 10.0 Å². The number of benzene rings is 1. The Bertz CT molecular complexity index is 1020. The molecule has 2 amide bonds. The van der Waals surface area contributed by atoms with E-state index in [1.165, 1.54) is 25.3 Å². The summed E-state index contributed by atoms with van der Waals surface area (Å²) in [5.74, 6) is -4.81. The van der Waals surface area contributed by atoms with Gasteiger partial charge in [0, 0.05) is 12.1 Å². The SMILES string of the molecule is COCC(NC(=O)c1cc(Cl)ccc1Cl)C(=O)NCB1OC(=O)CC(CC(=O)O)(C(=O)OC(C)C)O1. The summed E-state index contributed by atoms with van der Waals surface area (Å²) >= 11 is 11.9. The number of amides is 2. The summed E-state index contributed by atoms with van der Waals surface area (Å²) in [5.41, 5.74) is -2.10. The average Bonchev–Trinajstić information content (AvgIpc) is 2.77. The fourth-order valence-electron chi connectivity index (χ4n) is 3.25. The van der Waals surface area contributed by atoms with Gasteiger partial charge in [0.1, 0.15) is 6.04 Å². The maximum atomic E-state index is 12.7. The van der Waals surface area contributed by atoms with Crippen LogP contribution in [-0.4, -0.2) is 79.9 Å². The average molecular weight is 547 g/mol. The monoisotopic (exact) mass is 546 g/mol. The van der Waals surface area contributed by atoms with E-state index < -0.39 is 73.9 Å². The number of carbonyl (C=O) groups is 5. The van der Waals surface area contributed by atoms with Crippen LogP contribution in [0.15, 0.2) is 18.2 Å². The van der Waals surface area contributed by atoms with Crippen molar-refractivity contribution < 1.29 is 47.9 Å². The Labute approximate surface area is 217 Å². The first kappa shape index (κ1) is 29.4. The third-order valence-electron chi connectivity index (χ3n) is 4.77. The molecule has 1 aromatic rings. The van der Waals surface area contributed by atoms with Crippen LogP contribution in [-0.2, 0) is 38.0 Å². The van der Waals surface area contributed by atoms with Gasteiger partial charge in [-0.2, -0.15) is 0 Å². The summed E-state index contributed by atoms with van der Waals surface area (Å²) in [7, 11) is -0.193. The van der Waals surface area contributed by atoms with E-state index in [4.69, 9.17) is 42.0 Å². The van der Waals surface area contributed by atoms with Gasteiger partial charge >= 0.3 is 19.1 Å². The second-order valence-electron chi connectivity index (χ2n) is 8.08. The molecule has 1 fully saturated rings. The third kappa shape index (κ3) is 8.09. The zero-order valence-electron chi connectivity index (χ0n) is 19.7. The van der Waals surface area contributed by atoms with Crippen LogP contribution >= 0.6 is 23.2 Å². The van der Waals surface area contributed by atoms with E-state index >= 15 is 0 Å². The second-order valence-corrected chi connectivity index (χ2v) is 8.93. The minimum atomic E-state index is -2.13. The highest BCUT2D eigenvalue weighted by atomic mass is 35.5. The largest absolute Gasteiger partial charge is 0.548 e. The number of hydrogen-bond acceptors (Lipinski definition) is 9. The molecule has 0 spiro atoms. The quantitative estimate of drug-likeness (QED) is 0.269. The first-order valence-electron chi connectivity index (χ1n) is 10.7. The molecule has 12 nitrogen and oxygen atoms in total. The molecule has 1 saturated heterocycles. The smallest absolute Gasteiger partial charge is 0.508 e. The highest BCUT2D eigenvalue weighted by Gasteiger charge is 2.53. The Balaban J connectivity index is 2.11. The lowest BCUT2D eigenvalue weighted by Gasteiger charge is -2.36. The van der Waals surface area contributed by atoms with Gasteiger partial charge in [0.05, 0.1) is 42.6 Å². The molecule has 2 atom stereocenters. The van der Waals surface area contributed by atoms with Crippen molar-refractivity contribution in [2.24, 2.45) is 0 Å². The van der Waals surface area contributed by atoms with E-state index in [2.05, 4.69) is 10.6 Å². The molecule has 3 N–H and O–H groups in total. The molecule has 1 aromatic carbocycles. The number of carboxylic acids is 1. The molecule has 0 bridgehead atoms. The molecule has 15 heteroatoms. The zero-order valence-corrected chi connectivity index (χ0v) is 21.2. The lowest BCUT2D eigenvalue weighted by Crippen LogP contribution is -2.59. The Morgan fingerprint density at radius 1 is 1.25 bits per heavy atom. The Kier molecular flexibility index (Phi) is 10.5. The first-order chi connectivity index (χ1) is 16.9. The van der Waals surface area contributed by atoms with Crippen molar-refractivity contribution >= 4 is 60.0 Å². The number of ether oxygens (including phenoxy) is 2. The van der Waals surface area contributed by atoms with Crippen molar-refractivity contribution in [3.05, 3.63) is 33.8 Å². The summed E-state index contributed by atoms with van der Waals surface area (Å²) in [6.07, 6.45) is -2.61. The molecule has 196 valence electrons. The number of halogens is 2. The molecule has 1 heterocycles. The highest BCUT2D eigenvalue weighted by Crippen LogP contribution is 2.29. The normalized spacial score (nSPS) is 18.3. The molecule has 1 aliphatic rings. The minimum absolute atomic E-state index is 0.0322. The van der Waals surface area contributed by atoms with Crippen LogP contribution in [0.25, 0.3) is 0 Å². The van der Waals surface area contributed by atoms with Crippen molar-refractivity contribution in [1.82, 2.24) is 10.6 Å². The number of carbonyl (C=O) groups excluding carboxylic acids is 4. The van der Waals surface area contributed by atoms with Gasteiger partial charge < -0.3 is 34.5 Å². The van der Waals surface area contributed by atoms with E-state index in [1.807, 2.05) is 0 Å². The molecule has 0 saturated carbocycles. The Morgan fingerprint density at radius 3 is 2.56 bits per heavy atom. The number of methoxy groups -OCH3 is 1. The Morgan fingerprint density at radius 2 is 1.94 bits per heavy atom. The number of esters is 1. The molecule has 2 unspecified atom stereocenters. The molecular weight excluding hydrogens is 522 g/mol. The van der Waals surface area contributed by atoms with Gasteiger partial charge in [-0.05, 0) is 32.0 Å². The molecule has 0 aliphatic carbocycles. The maximum absolute atomic E-state index is 12.7. The molecular formula is C21H25BCl2N2O10. The Hall–Kier alpha value is -2.87. The van der Waals surface area contributed by atoms with Crippen LogP contribution in [0.5, 0.6) is 0 Å². The van der Waals surface area contributed by atoms with Gasteiger partial charge in [0.25, 0.3) is 11.9 Å². The molecule has 36 heavy (non-hydrogen) atoms. The molecule has 0 radical (unpaired) electrons. The zero-order chi connectivity index (χ0) is 27.0. The lowest BCUT2D eigenvalue weighted by molar-refractivity contribution is -0.182. The molecule has 1 aliphatic heterocycles. The van der Waals surface area contributed by atoms with Gasteiger partial charge in [0.2, 0.25) is 5.91 Å². The summed E-state index contributed by atoms with van der Waals surface area (Å²) in [6.45, 7) is 2.86. The van der Waals surface area contributed by atoms with Crippen molar-refractivity contribution in [2.45, 2.75) is 44.4 Å². The fraction of sp³-hybridized carbons (Fsp3) is 0.476. The first-order valence-corrected chi connectivity index (χ1v) is 11.4. The molecule has 2 rings (SSSR count). The fourth-order valence-corrected chi connectivity index (χ4v) is 3.62. The van der Waals surface area contributed by atoms with Gasteiger partial charge in [-0.1, -0.05) is 23.2 Å². The van der Waals surface area contributed by atoms with Crippen LogP contribution in [0.3, 0.4) is 0 Å². The number of carboxylic acid groups (broad SMARTS) is 1. The summed E-state index contributed by atoms with van der Waals surface area (Å²) < 4.78 is 20.6. The van der Waals surface area contributed by atoms with Crippen LogP contribution in [0.1, 0.15) is 37.0 Å². The van der Waals surface area contributed by atoms with Crippen LogP contribution in [0, 0.1) is 0 Å². The highest BCUT2D eigenvalue weighted by molar-refractivity contribution is 6.48. The van der Waals surface area contributed by atoms with Crippen molar-refractivity contribution in [3.63, 3.8) is 0 Å². The minimum Gasteiger partial charge on any atom is -0.508 e. The predicted molar refractivity (Wildman–Crippen MR) is 126 cm³/mol. The standard InChI is InChI=1S/C21H25BCl2N2O10/c1-11(2)34-20(32)21(7-16(27)28)8-17(29)35-22(36-21)10-25-19(31)15(9-33-3)26-18(30)13-6-12(23)4-5-14(13)24/h4-6,11,15H,7-10H2,1-3H3,(H,25,31)(H,26,30)(H,27,28). The van der Waals surface area contributed by atoms with Crippen molar-refractivity contribution in [1.29, 1.82) is 0 Å². The predicted octanol–water partition coefficient (Wildman–Crippen LogP) is 1.01. The summed E-state index contributed by atoms with van der Waals surface area (Å²) in [6, 6.07) is 3.04. The van der Waals surface area contributed by atoms with E-state index in [0.717, 1.165) is 0 Å². The number of hydrogen-bond donors (Lipinski definition) is 3. The summed E-state index contributed by atoms with van der Waals surface area (Å²) in [5, 5.41) is 14.5. The van der Waals surface area contributed by atoms with E-state index in [-0.39, 0.29) is 22.2 Å². The van der Waals surface area contributed by atoms with Gasteiger partial charge in [-0.25, -0.2) is 4.79 Å². The van der Waals surface area contributed by atoms with Crippen LogP contribution < -0.4 is 10.6 Å². The summed E-state index contributed by atoms with van der Waals surface area (Å²) in [4.78, 5) is 61.5. The van der Waals surface area contributed by atoms with Gasteiger partial charge in [0.15, 0.2) is 5.60 Å². The second kappa shape index (κ2) is 12.9. The third-order valence-corrected chi connectivity index (χ3v) is 5.34. The molecule has 0 aromatic heterocycles. The van der Waals surface area contributed by atoms with Gasteiger partial charge in [-0.15, -0.1) is 0 Å². The number of rotatable bonds is 11. The van der Waals surface area contributed by atoms with Crippen LogP contribution in [0.4, 0.5) is 0 Å². The van der Waals surface area contributed by atoms with E-state index in [1.54, 1.807) is 13.8 Å².